The lowest BCUT2D eigenvalue weighted by Gasteiger charge is -2.13. The molecule has 5 heteroatoms. The topological polar surface area (TPSA) is 68.9 Å². The van der Waals surface area contributed by atoms with Crippen LogP contribution in [-0.2, 0) is 0 Å². The molecule has 0 spiro atoms. The molecule has 0 saturated heterocycles. The molecular formula is C22H28O5. The lowest BCUT2D eigenvalue weighted by Crippen LogP contribution is -2.08. The first-order chi connectivity index (χ1) is 12.8. The zero-order chi connectivity index (χ0) is 20.0. The van der Waals surface area contributed by atoms with Gasteiger partial charge >= 0.3 is 5.63 Å². The van der Waals surface area contributed by atoms with Crippen molar-refractivity contribution in [2.75, 3.05) is 6.61 Å². The second kappa shape index (κ2) is 9.31. The van der Waals surface area contributed by atoms with Gasteiger partial charge in [-0.25, -0.2) is 4.79 Å². The molecule has 0 bridgehead atoms. The highest BCUT2D eigenvalue weighted by Crippen LogP contribution is 2.36. The van der Waals surface area contributed by atoms with Crippen LogP contribution in [0.25, 0.3) is 11.0 Å². The Morgan fingerprint density at radius 2 is 1.96 bits per heavy atom. The fourth-order valence-corrected chi connectivity index (χ4v) is 2.61. The molecule has 0 aliphatic carbocycles. The summed E-state index contributed by atoms with van der Waals surface area (Å²) in [7, 11) is 0. The minimum atomic E-state index is -0.846. The van der Waals surface area contributed by atoms with Gasteiger partial charge in [0.15, 0.2) is 17.1 Å². The first-order valence-corrected chi connectivity index (χ1v) is 9.16. The van der Waals surface area contributed by atoms with Crippen molar-refractivity contribution in [3.63, 3.8) is 0 Å². The molecule has 1 aromatic carbocycles. The number of rotatable bonds is 8. The monoisotopic (exact) mass is 372 g/mol. The summed E-state index contributed by atoms with van der Waals surface area (Å²) in [5.74, 6) is 0.0292. The third-order valence-electron chi connectivity index (χ3n) is 3.94. The Hall–Kier alpha value is -2.69. The lowest BCUT2D eigenvalue weighted by molar-refractivity contribution is 0.241. The van der Waals surface area contributed by atoms with Crippen LogP contribution in [-0.4, -0.2) is 17.8 Å². The molecule has 2 rings (SSSR count). The molecule has 2 aromatic rings. The molecule has 0 amide bonds. The van der Waals surface area contributed by atoms with Crippen molar-refractivity contribution in [3.05, 3.63) is 51.9 Å². The van der Waals surface area contributed by atoms with Gasteiger partial charge in [0, 0.05) is 0 Å². The maximum Gasteiger partial charge on any atom is 0.382 e. The molecule has 0 atom stereocenters. The summed E-state index contributed by atoms with van der Waals surface area (Å²) < 4.78 is 16.7. The number of hydrogen-bond acceptors (Lipinski definition) is 5. The molecule has 0 fully saturated rings. The van der Waals surface area contributed by atoms with Crippen molar-refractivity contribution in [1.29, 1.82) is 0 Å². The molecule has 5 nitrogen and oxygen atoms in total. The van der Waals surface area contributed by atoms with Crippen molar-refractivity contribution in [1.82, 2.24) is 0 Å². The summed E-state index contributed by atoms with van der Waals surface area (Å²) in [5, 5.41) is 10.6. The van der Waals surface area contributed by atoms with Crippen molar-refractivity contribution >= 4 is 11.0 Å². The fourth-order valence-electron chi connectivity index (χ4n) is 2.61. The van der Waals surface area contributed by atoms with E-state index in [0.29, 0.717) is 11.1 Å². The van der Waals surface area contributed by atoms with Gasteiger partial charge in [0.2, 0.25) is 5.75 Å². The Morgan fingerprint density at radius 1 is 1.22 bits per heavy atom. The quantitative estimate of drug-likeness (QED) is 0.499. The van der Waals surface area contributed by atoms with Crippen LogP contribution in [0.4, 0.5) is 0 Å². The van der Waals surface area contributed by atoms with Gasteiger partial charge in [0.25, 0.3) is 0 Å². The van der Waals surface area contributed by atoms with E-state index in [-0.39, 0.29) is 24.0 Å². The van der Waals surface area contributed by atoms with Crippen LogP contribution in [0, 0.1) is 0 Å². The van der Waals surface area contributed by atoms with E-state index >= 15 is 0 Å². The number of fused-ring (bicyclic) bond motifs is 1. The van der Waals surface area contributed by atoms with Gasteiger partial charge in [-0.15, -0.1) is 0 Å². The summed E-state index contributed by atoms with van der Waals surface area (Å²) in [6.07, 6.45) is 5.97. The predicted molar refractivity (Wildman–Crippen MR) is 108 cm³/mol. The molecule has 1 N–H and O–H groups in total. The molecule has 27 heavy (non-hydrogen) atoms. The van der Waals surface area contributed by atoms with Crippen LogP contribution in [0.1, 0.15) is 47.5 Å². The van der Waals surface area contributed by atoms with Gasteiger partial charge in [0.1, 0.15) is 6.61 Å². The van der Waals surface area contributed by atoms with Gasteiger partial charge < -0.3 is 19.0 Å². The molecule has 0 saturated carbocycles. The third kappa shape index (κ3) is 5.64. The van der Waals surface area contributed by atoms with E-state index in [2.05, 4.69) is 19.9 Å². The highest BCUT2D eigenvalue weighted by atomic mass is 16.5. The number of aromatic hydroxyl groups is 1. The van der Waals surface area contributed by atoms with E-state index in [1.165, 1.54) is 11.1 Å². The van der Waals surface area contributed by atoms with E-state index in [9.17, 15) is 9.90 Å². The van der Waals surface area contributed by atoms with Crippen LogP contribution < -0.4 is 15.1 Å². The Kier molecular flexibility index (Phi) is 7.11. The summed E-state index contributed by atoms with van der Waals surface area (Å²) in [5.41, 5.74) is 1.91. The summed E-state index contributed by atoms with van der Waals surface area (Å²) in [4.78, 5) is 12.0. The average Bonchev–Trinajstić information content (AvgIpc) is 2.58. The van der Waals surface area contributed by atoms with Gasteiger partial charge in [0.05, 0.1) is 11.5 Å². The Labute approximate surface area is 159 Å². The van der Waals surface area contributed by atoms with E-state index in [1.54, 1.807) is 18.2 Å². The van der Waals surface area contributed by atoms with Gasteiger partial charge in [-0.2, -0.15) is 0 Å². The maximum absolute atomic E-state index is 12.0. The summed E-state index contributed by atoms with van der Waals surface area (Å²) in [6.45, 7) is 10.2. The van der Waals surface area contributed by atoms with E-state index < -0.39 is 11.4 Å². The van der Waals surface area contributed by atoms with Gasteiger partial charge in [-0.05, 0) is 65.7 Å². The molecular weight excluding hydrogens is 344 g/mol. The number of para-hydroxylation sites is 1. The highest BCUT2D eigenvalue weighted by Gasteiger charge is 2.18. The summed E-state index contributed by atoms with van der Waals surface area (Å²) >= 11 is 0. The smallest absolute Gasteiger partial charge is 0.382 e. The largest absolute Gasteiger partial charge is 0.499 e. The van der Waals surface area contributed by atoms with Crippen LogP contribution in [0.2, 0.25) is 0 Å². The second-order valence-corrected chi connectivity index (χ2v) is 7.05. The van der Waals surface area contributed by atoms with Crippen molar-refractivity contribution in [2.45, 2.75) is 53.6 Å². The second-order valence-electron chi connectivity index (χ2n) is 7.05. The first-order valence-electron chi connectivity index (χ1n) is 9.16. The van der Waals surface area contributed by atoms with E-state index in [0.717, 1.165) is 12.8 Å². The normalized spacial score (nSPS) is 11.7. The van der Waals surface area contributed by atoms with Crippen LogP contribution in [0.15, 0.2) is 50.7 Å². The zero-order valence-electron chi connectivity index (χ0n) is 16.7. The molecule has 0 radical (unpaired) electrons. The Bertz CT molecular complexity index is 899. The Morgan fingerprint density at radius 3 is 2.63 bits per heavy atom. The Balaban J connectivity index is 2.26. The zero-order valence-corrected chi connectivity index (χ0v) is 16.7. The first kappa shape index (κ1) is 20.6. The standard InChI is InChI=1S/C22H28O5/c1-14(2)8-6-9-16(5)12-13-25-21-17-10-7-11-18(26-15(3)4)20(17)27-22(24)19(21)23/h7-8,10-12,15,23H,6,9,13H2,1-5H3. The van der Waals surface area contributed by atoms with Crippen LogP contribution in [0.5, 0.6) is 17.2 Å². The number of benzene rings is 1. The van der Waals surface area contributed by atoms with Gasteiger partial charge in [-0.3, -0.25) is 0 Å². The average molecular weight is 372 g/mol. The minimum absolute atomic E-state index is 0.0783. The summed E-state index contributed by atoms with van der Waals surface area (Å²) in [6, 6.07) is 5.22. The fraction of sp³-hybridized carbons (Fsp3) is 0.409. The van der Waals surface area contributed by atoms with Crippen LogP contribution >= 0.6 is 0 Å². The predicted octanol–water partition coefficient (Wildman–Crippen LogP) is 5.36. The van der Waals surface area contributed by atoms with Crippen LogP contribution in [0.3, 0.4) is 0 Å². The minimum Gasteiger partial charge on any atom is -0.499 e. The highest BCUT2D eigenvalue weighted by molar-refractivity contribution is 5.89. The third-order valence-corrected chi connectivity index (χ3v) is 3.94. The van der Waals surface area contributed by atoms with Gasteiger partial charge in [-0.1, -0.05) is 23.3 Å². The molecule has 0 aliphatic rings. The lowest BCUT2D eigenvalue weighted by atomic mass is 10.1. The molecule has 146 valence electrons. The number of allylic oxidation sites excluding steroid dienone is 3. The molecule has 1 aromatic heterocycles. The van der Waals surface area contributed by atoms with Crippen molar-refractivity contribution in [3.8, 4) is 17.2 Å². The SMILES string of the molecule is CC(C)=CCCC(C)=CCOc1c(O)c(=O)oc2c(OC(C)C)cccc12. The van der Waals surface area contributed by atoms with E-state index in [4.69, 9.17) is 13.9 Å². The van der Waals surface area contributed by atoms with Crippen molar-refractivity contribution in [2.24, 2.45) is 0 Å². The number of hydrogen-bond donors (Lipinski definition) is 1. The van der Waals surface area contributed by atoms with Crippen molar-refractivity contribution < 1.29 is 19.0 Å². The number of ether oxygens (including phenoxy) is 2. The maximum atomic E-state index is 12.0. The molecule has 0 unspecified atom stereocenters. The molecule has 1 heterocycles. The van der Waals surface area contributed by atoms with E-state index in [1.807, 2.05) is 26.8 Å². The molecule has 0 aliphatic heterocycles.